The number of carbonyl (C=O) groups is 1. The summed E-state index contributed by atoms with van der Waals surface area (Å²) in [5.74, 6) is -0.477. The number of phenolic OH excluding ortho intramolecular Hbond substituents is 1. The van der Waals surface area contributed by atoms with Crippen LogP contribution in [0.4, 0.5) is 0 Å². The van der Waals surface area contributed by atoms with E-state index >= 15 is 0 Å². The molecule has 3 nitrogen and oxygen atoms in total. The van der Waals surface area contributed by atoms with Gasteiger partial charge in [-0.2, -0.15) is 0 Å². The van der Waals surface area contributed by atoms with E-state index in [-0.39, 0.29) is 22.1 Å². The lowest BCUT2D eigenvalue weighted by Crippen LogP contribution is -2.23. The Kier molecular flexibility index (Phi) is 3.99. The van der Waals surface area contributed by atoms with Crippen molar-refractivity contribution in [2.24, 2.45) is 0 Å². The molecule has 19 heavy (non-hydrogen) atoms. The first kappa shape index (κ1) is 15.5. The maximum absolute atomic E-state index is 11.7. The standard InChI is InChI=1S/C16H24O3/c1-15(2,3)11-9-8-10(14(18)19-7)13(17)12(11)16(4,5)6/h8-9,17H,1-7H3. The molecule has 0 heterocycles. The van der Waals surface area contributed by atoms with Gasteiger partial charge in [0.1, 0.15) is 11.3 Å². The Labute approximate surface area is 115 Å². The number of carbonyl (C=O) groups excluding carboxylic acids is 1. The van der Waals surface area contributed by atoms with E-state index in [9.17, 15) is 9.90 Å². The molecule has 106 valence electrons. The largest absolute Gasteiger partial charge is 0.507 e. The van der Waals surface area contributed by atoms with Crippen molar-refractivity contribution >= 4 is 5.97 Å². The highest BCUT2D eigenvalue weighted by atomic mass is 16.5. The molecule has 1 aromatic carbocycles. The van der Waals surface area contributed by atoms with Gasteiger partial charge in [-0.05, 0) is 22.5 Å². The summed E-state index contributed by atoms with van der Waals surface area (Å²) in [6.07, 6.45) is 0. The molecule has 0 saturated heterocycles. The van der Waals surface area contributed by atoms with Crippen LogP contribution >= 0.6 is 0 Å². The van der Waals surface area contributed by atoms with Crippen LogP contribution in [0.3, 0.4) is 0 Å². The van der Waals surface area contributed by atoms with Gasteiger partial charge in [-0.1, -0.05) is 47.6 Å². The predicted molar refractivity (Wildman–Crippen MR) is 76.8 cm³/mol. The third-order valence-electron chi connectivity index (χ3n) is 3.14. The molecule has 0 spiro atoms. The zero-order chi connectivity index (χ0) is 15.0. The fraction of sp³-hybridized carbons (Fsp3) is 0.562. The summed E-state index contributed by atoms with van der Waals surface area (Å²) in [4.78, 5) is 11.7. The fourth-order valence-corrected chi connectivity index (χ4v) is 2.25. The third-order valence-corrected chi connectivity index (χ3v) is 3.14. The van der Waals surface area contributed by atoms with E-state index in [1.54, 1.807) is 6.07 Å². The normalized spacial score (nSPS) is 12.4. The molecule has 0 aliphatic carbocycles. The molecule has 0 amide bonds. The number of ether oxygens (including phenoxy) is 1. The first-order valence-electron chi connectivity index (χ1n) is 6.45. The minimum Gasteiger partial charge on any atom is -0.507 e. The summed E-state index contributed by atoms with van der Waals surface area (Å²) in [5.41, 5.74) is 1.72. The van der Waals surface area contributed by atoms with Gasteiger partial charge < -0.3 is 9.84 Å². The highest BCUT2D eigenvalue weighted by Gasteiger charge is 2.30. The van der Waals surface area contributed by atoms with Crippen molar-refractivity contribution < 1.29 is 14.6 Å². The summed E-state index contributed by atoms with van der Waals surface area (Å²) in [6.45, 7) is 12.4. The van der Waals surface area contributed by atoms with Crippen LogP contribution in [0.5, 0.6) is 5.75 Å². The molecule has 0 bridgehead atoms. The molecule has 0 aliphatic heterocycles. The number of hydrogen-bond donors (Lipinski definition) is 1. The van der Waals surface area contributed by atoms with E-state index in [0.717, 1.165) is 11.1 Å². The lowest BCUT2D eigenvalue weighted by Gasteiger charge is -2.31. The molecule has 0 fully saturated rings. The molecule has 0 aliphatic rings. The maximum Gasteiger partial charge on any atom is 0.341 e. The van der Waals surface area contributed by atoms with Crippen LogP contribution in [0, 0.1) is 0 Å². The van der Waals surface area contributed by atoms with E-state index in [2.05, 4.69) is 20.8 Å². The summed E-state index contributed by atoms with van der Waals surface area (Å²) in [5, 5.41) is 10.5. The highest BCUT2D eigenvalue weighted by molar-refractivity contribution is 5.93. The number of hydrogen-bond acceptors (Lipinski definition) is 3. The number of methoxy groups -OCH3 is 1. The molecule has 0 radical (unpaired) electrons. The Hall–Kier alpha value is -1.51. The van der Waals surface area contributed by atoms with Crippen LogP contribution in [0.1, 0.15) is 63.0 Å². The van der Waals surface area contributed by atoms with E-state index < -0.39 is 5.97 Å². The van der Waals surface area contributed by atoms with Gasteiger partial charge in [-0.3, -0.25) is 0 Å². The third kappa shape index (κ3) is 3.09. The molecule has 1 aromatic rings. The van der Waals surface area contributed by atoms with Crippen LogP contribution in [0.25, 0.3) is 0 Å². The summed E-state index contributed by atoms with van der Waals surface area (Å²) in [6, 6.07) is 3.55. The monoisotopic (exact) mass is 264 g/mol. The van der Waals surface area contributed by atoms with E-state index in [1.807, 2.05) is 26.8 Å². The number of esters is 1. The second kappa shape index (κ2) is 4.87. The molecular weight excluding hydrogens is 240 g/mol. The molecule has 3 heteroatoms. The van der Waals surface area contributed by atoms with Crippen molar-refractivity contribution in [1.29, 1.82) is 0 Å². The van der Waals surface area contributed by atoms with Gasteiger partial charge in [0.25, 0.3) is 0 Å². The average Bonchev–Trinajstić information content (AvgIpc) is 2.24. The number of benzene rings is 1. The van der Waals surface area contributed by atoms with Gasteiger partial charge in [-0.15, -0.1) is 0 Å². The van der Waals surface area contributed by atoms with Crippen molar-refractivity contribution in [1.82, 2.24) is 0 Å². The van der Waals surface area contributed by atoms with Crippen LogP contribution in [0.15, 0.2) is 12.1 Å². The zero-order valence-electron chi connectivity index (χ0n) is 12.9. The van der Waals surface area contributed by atoms with Gasteiger partial charge in [0.15, 0.2) is 0 Å². The highest BCUT2D eigenvalue weighted by Crippen LogP contribution is 2.41. The first-order chi connectivity index (χ1) is 8.50. The van der Waals surface area contributed by atoms with Crippen LogP contribution in [-0.2, 0) is 15.6 Å². The number of rotatable bonds is 1. The molecule has 1 rings (SSSR count). The van der Waals surface area contributed by atoms with Gasteiger partial charge in [0.05, 0.1) is 7.11 Å². The second-order valence-corrected chi connectivity index (χ2v) is 6.88. The number of phenols is 1. The quantitative estimate of drug-likeness (QED) is 0.785. The summed E-state index contributed by atoms with van der Waals surface area (Å²) >= 11 is 0. The second-order valence-electron chi connectivity index (χ2n) is 6.88. The van der Waals surface area contributed by atoms with E-state index in [4.69, 9.17) is 4.74 Å². The molecular formula is C16H24O3. The molecule has 0 atom stereocenters. The first-order valence-corrected chi connectivity index (χ1v) is 6.45. The fourth-order valence-electron chi connectivity index (χ4n) is 2.25. The van der Waals surface area contributed by atoms with Gasteiger partial charge >= 0.3 is 5.97 Å². The van der Waals surface area contributed by atoms with Crippen molar-refractivity contribution in [3.05, 3.63) is 28.8 Å². The molecule has 1 N–H and O–H groups in total. The smallest absolute Gasteiger partial charge is 0.341 e. The van der Waals surface area contributed by atoms with Crippen molar-refractivity contribution in [2.75, 3.05) is 7.11 Å². The van der Waals surface area contributed by atoms with Crippen LogP contribution < -0.4 is 0 Å². The Balaban J connectivity index is 3.65. The summed E-state index contributed by atoms with van der Waals surface area (Å²) in [7, 11) is 1.32. The van der Waals surface area contributed by atoms with Gasteiger partial charge in [-0.25, -0.2) is 4.79 Å². The Morgan fingerprint density at radius 2 is 1.58 bits per heavy atom. The molecule has 0 aromatic heterocycles. The Bertz CT molecular complexity index is 488. The van der Waals surface area contributed by atoms with E-state index in [1.165, 1.54) is 7.11 Å². The lowest BCUT2D eigenvalue weighted by molar-refractivity contribution is 0.0597. The predicted octanol–water partition coefficient (Wildman–Crippen LogP) is 3.77. The minimum atomic E-state index is -0.511. The van der Waals surface area contributed by atoms with Crippen molar-refractivity contribution in [3.8, 4) is 5.75 Å². The molecule has 0 unspecified atom stereocenters. The SMILES string of the molecule is COC(=O)c1ccc(C(C)(C)C)c(C(C)(C)C)c1O. The van der Waals surface area contributed by atoms with E-state index in [0.29, 0.717) is 0 Å². The Morgan fingerprint density at radius 1 is 1.05 bits per heavy atom. The van der Waals surface area contributed by atoms with Crippen LogP contribution in [0.2, 0.25) is 0 Å². The summed E-state index contributed by atoms with van der Waals surface area (Å²) < 4.78 is 4.71. The van der Waals surface area contributed by atoms with Crippen molar-refractivity contribution in [3.63, 3.8) is 0 Å². The van der Waals surface area contributed by atoms with Gasteiger partial charge in [0, 0.05) is 5.56 Å². The average molecular weight is 264 g/mol. The van der Waals surface area contributed by atoms with Crippen LogP contribution in [-0.4, -0.2) is 18.2 Å². The zero-order valence-corrected chi connectivity index (χ0v) is 12.9. The topological polar surface area (TPSA) is 46.5 Å². The lowest BCUT2D eigenvalue weighted by atomic mass is 9.74. The van der Waals surface area contributed by atoms with Gasteiger partial charge in [0.2, 0.25) is 0 Å². The van der Waals surface area contributed by atoms with Crippen molar-refractivity contribution in [2.45, 2.75) is 52.4 Å². The molecule has 0 saturated carbocycles. The Morgan fingerprint density at radius 3 is 1.95 bits per heavy atom. The maximum atomic E-state index is 11.7. The number of aromatic hydroxyl groups is 1. The minimum absolute atomic E-state index is 0.0341.